The van der Waals surface area contributed by atoms with Gasteiger partial charge < -0.3 is 0 Å². The predicted molar refractivity (Wildman–Crippen MR) is 61.9 cm³/mol. The highest BCUT2D eigenvalue weighted by molar-refractivity contribution is 5.98. The van der Waals surface area contributed by atoms with Crippen molar-refractivity contribution < 1.29 is 9.59 Å². The Kier molecular flexibility index (Phi) is 1.85. The van der Waals surface area contributed by atoms with Gasteiger partial charge in [0.05, 0.1) is 0 Å². The molecule has 3 heteroatoms. The lowest BCUT2D eigenvalue weighted by Crippen LogP contribution is -2.58. The van der Waals surface area contributed by atoms with Gasteiger partial charge in [-0.1, -0.05) is 0 Å². The highest BCUT2D eigenvalue weighted by atomic mass is 16.2. The van der Waals surface area contributed by atoms with E-state index < -0.39 is 0 Å². The summed E-state index contributed by atoms with van der Waals surface area (Å²) in [5, 5.41) is 2.48. The van der Waals surface area contributed by atoms with Crippen LogP contribution in [0.1, 0.15) is 44.9 Å². The minimum Gasteiger partial charge on any atom is -0.296 e. The Bertz CT molecular complexity index is 355. The molecule has 4 saturated carbocycles. The Hall–Kier alpha value is -0.860. The Morgan fingerprint density at radius 1 is 0.824 bits per heavy atom. The molecular formula is C14H19NO2. The van der Waals surface area contributed by atoms with E-state index in [0.717, 1.165) is 11.8 Å². The fourth-order valence-electron chi connectivity index (χ4n) is 5.60. The Labute approximate surface area is 101 Å². The number of amides is 2. The molecule has 5 aliphatic rings. The number of carbonyl (C=O) groups is 2. The second-order valence-corrected chi connectivity index (χ2v) is 6.86. The molecule has 1 heterocycles. The average molecular weight is 233 g/mol. The molecule has 0 aromatic rings. The van der Waals surface area contributed by atoms with Gasteiger partial charge in [0.2, 0.25) is 11.8 Å². The quantitative estimate of drug-likeness (QED) is 0.649. The van der Waals surface area contributed by atoms with Gasteiger partial charge in [0.25, 0.3) is 0 Å². The average Bonchev–Trinajstić information content (AvgIpc) is 2.24. The van der Waals surface area contributed by atoms with E-state index in [4.69, 9.17) is 0 Å². The van der Waals surface area contributed by atoms with Gasteiger partial charge in [0.1, 0.15) is 0 Å². The summed E-state index contributed by atoms with van der Waals surface area (Å²) in [6, 6.07) is 0. The lowest BCUT2D eigenvalue weighted by Gasteiger charge is -2.62. The topological polar surface area (TPSA) is 46.2 Å². The van der Waals surface area contributed by atoms with Crippen molar-refractivity contribution in [3.05, 3.63) is 0 Å². The second kappa shape index (κ2) is 3.12. The highest BCUT2D eigenvalue weighted by Crippen LogP contribution is 2.65. The van der Waals surface area contributed by atoms with Crippen molar-refractivity contribution in [2.75, 3.05) is 0 Å². The zero-order valence-corrected chi connectivity index (χ0v) is 10.1. The number of rotatable bonds is 0. The standard InChI is InChI=1S/C14H19NO2/c16-12-6-14(7-13(17)15-12)10-2-8-1-9(4-10)5-11(14)3-8/h8-11H,1-7H2,(H,15,16,17). The van der Waals surface area contributed by atoms with Crippen LogP contribution in [0.25, 0.3) is 0 Å². The normalized spacial score (nSPS) is 46.4. The van der Waals surface area contributed by atoms with Gasteiger partial charge in [-0.25, -0.2) is 0 Å². The molecule has 1 aliphatic heterocycles. The van der Waals surface area contributed by atoms with E-state index >= 15 is 0 Å². The minimum atomic E-state index is -0.0197. The van der Waals surface area contributed by atoms with Crippen molar-refractivity contribution >= 4 is 11.8 Å². The summed E-state index contributed by atoms with van der Waals surface area (Å²) >= 11 is 0. The lowest BCUT2D eigenvalue weighted by atomic mass is 9.43. The van der Waals surface area contributed by atoms with E-state index in [1.54, 1.807) is 0 Å². The smallest absolute Gasteiger partial charge is 0.227 e. The summed E-state index contributed by atoms with van der Waals surface area (Å²) in [4.78, 5) is 23.5. The largest absolute Gasteiger partial charge is 0.296 e. The lowest BCUT2D eigenvalue weighted by molar-refractivity contribution is -0.160. The van der Waals surface area contributed by atoms with E-state index in [-0.39, 0.29) is 17.2 Å². The third-order valence-electron chi connectivity index (χ3n) is 6.02. The number of carbonyl (C=O) groups excluding carboxylic acids is 2. The van der Waals surface area contributed by atoms with Crippen LogP contribution in [0.5, 0.6) is 0 Å². The third-order valence-corrected chi connectivity index (χ3v) is 6.02. The summed E-state index contributed by atoms with van der Waals surface area (Å²) in [7, 11) is 0. The van der Waals surface area contributed by atoms with Crippen molar-refractivity contribution in [1.29, 1.82) is 0 Å². The molecule has 92 valence electrons. The summed E-state index contributed by atoms with van der Waals surface area (Å²) in [5.74, 6) is 3.09. The first-order chi connectivity index (χ1) is 8.15. The zero-order chi connectivity index (χ0) is 11.6. The summed E-state index contributed by atoms with van der Waals surface area (Å²) in [5.41, 5.74) is 0.0623. The molecule has 0 unspecified atom stereocenters. The van der Waals surface area contributed by atoms with Crippen LogP contribution >= 0.6 is 0 Å². The zero-order valence-electron chi connectivity index (χ0n) is 10.1. The van der Waals surface area contributed by atoms with Crippen LogP contribution in [0.15, 0.2) is 0 Å². The molecule has 0 atom stereocenters. The van der Waals surface area contributed by atoms with Crippen LogP contribution in [-0.2, 0) is 9.59 Å². The van der Waals surface area contributed by atoms with Crippen LogP contribution < -0.4 is 5.32 Å². The van der Waals surface area contributed by atoms with Crippen LogP contribution in [0, 0.1) is 29.1 Å². The maximum absolute atomic E-state index is 11.7. The van der Waals surface area contributed by atoms with Crippen molar-refractivity contribution in [3.8, 4) is 0 Å². The first-order valence-electron chi connectivity index (χ1n) is 6.98. The van der Waals surface area contributed by atoms with Gasteiger partial charge in [-0.05, 0) is 61.2 Å². The molecule has 5 fully saturated rings. The van der Waals surface area contributed by atoms with E-state index in [1.807, 2.05) is 0 Å². The van der Waals surface area contributed by atoms with Crippen molar-refractivity contribution in [3.63, 3.8) is 0 Å². The highest BCUT2D eigenvalue weighted by Gasteiger charge is 2.59. The van der Waals surface area contributed by atoms with Crippen LogP contribution in [0.3, 0.4) is 0 Å². The van der Waals surface area contributed by atoms with Gasteiger partial charge in [-0.15, -0.1) is 0 Å². The summed E-state index contributed by atoms with van der Waals surface area (Å²) < 4.78 is 0. The summed E-state index contributed by atoms with van der Waals surface area (Å²) in [6.45, 7) is 0. The van der Waals surface area contributed by atoms with Crippen molar-refractivity contribution in [2.45, 2.75) is 44.9 Å². The number of hydrogen-bond donors (Lipinski definition) is 1. The molecule has 17 heavy (non-hydrogen) atoms. The van der Waals surface area contributed by atoms with E-state index in [2.05, 4.69) is 5.32 Å². The number of piperidine rings is 1. The van der Waals surface area contributed by atoms with E-state index in [0.29, 0.717) is 24.7 Å². The molecule has 0 aromatic heterocycles. The number of nitrogens with one attached hydrogen (secondary N) is 1. The molecule has 3 nitrogen and oxygen atoms in total. The minimum absolute atomic E-state index is 0.0197. The monoisotopic (exact) mass is 233 g/mol. The predicted octanol–water partition coefficient (Wildman–Crippen LogP) is 1.87. The first kappa shape index (κ1) is 10.1. The molecule has 0 radical (unpaired) electrons. The third kappa shape index (κ3) is 1.28. The van der Waals surface area contributed by atoms with Gasteiger partial charge in [0, 0.05) is 12.8 Å². The molecule has 2 amide bonds. The number of hydrogen-bond acceptors (Lipinski definition) is 2. The van der Waals surface area contributed by atoms with Crippen LogP contribution in [0.2, 0.25) is 0 Å². The molecule has 0 aromatic carbocycles. The van der Waals surface area contributed by atoms with Gasteiger partial charge >= 0.3 is 0 Å². The molecule has 1 N–H and O–H groups in total. The van der Waals surface area contributed by atoms with Crippen LogP contribution in [0.4, 0.5) is 0 Å². The fourth-order valence-corrected chi connectivity index (χ4v) is 5.60. The Balaban J connectivity index is 1.72. The molecule has 1 spiro atoms. The van der Waals surface area contributed by atoms with Crippen LogP contribution in [-0.4, -0.2) is 11.8 Å². The van der Waals surface area contributed by atoms with Gasteiger partial charge in [0.15, 0.2) is 0 Å². The summed E-state index contributed by atoms with van der Waals surface area (Å²) in [6.07, 6.45) is 7.80. The second-order valence-electron chi connectivity index (χ2n) is 6.86. The van der Waals surface area contributed by atoms with Crippen molar-refractivity contribution in [2.24, 2.45) is 29.1 Å². The molecular weight excluding hydrogens is 214 g/mol. The van der Waals surface area contributed by atoms with Gasteiger partial charge in [-0.3, -0.25) is 14.9 Å². The first-order valence-corrected chi connectivity index (χ1v) is 6.98. The molecule has 1 saturated heterocycles. The maximum atomic E-state index is 11.7. The molecule has 4 bridgehead atoms. The SMILES string of the molecule is O=C1CC2(CC(=O)N1)C1CC3CC(C1)CC2C3. The fraction of sp³-hybridized carbons (Fsp3) is 0.857. The Morgan fingerprint density at radius 2 is 1.29 bits per heavy atom. The van der Waals surface area contributed by atoms with E-state index in [9.17, 15) is 9.59 Å². The van der Waals surface area contributed by atoms with Gasteiger partial charge in [-0.2, -0.15) is 0 Å². The van der Waals surface area contributed by atoms with Crippen molar-refractivity contribution in [1.82, 2.24) is 5.32 Å². The molecule has 5 rings (SSSR count). The maximum Gasteiger partial charge on any atom is 0.227 e. The molecule has 4 aliphatic carbocycles. The van der Waals surface area contributed by atoms with E-state index in [1.165, 1.54) is 32.1 Å². The number of imide groups is 1. The Morgan fingerprint density at radius 3 is 1.76 bits per heavy atom.